The first-order valence-corrected chi connectivity index (χ1v) is 6.03. The Labute approximate surface area is 116 Å². The quantitative estimate of drug-likeness (QED) is 0.645. The Morgan fingerprint density at radius 2 is 2.05 bits per heavy atom. The highest BCUT2D eigenvalue weighted by atomic mass is 16.3. The molecule has 5 heteroatoms. The summed E-state index contributed by atoms with van der Waals surface area (Å²) in [6.45, 7) is 0. The highest BCUT2D eigenvalue weighted by Crippen LogP contribution is 2.11. The number of benzene rings is 1. The molecule has 0 saturated carbocycles. The van der Waals surface area contributed by atoms with E-state index >= 15 is 0 Å². The number of carbonyl (C=O) groups is 1. The van der Waals surface area contributed by atoms with Crippen LogP contribution in [0.25, 0.3) is 6.08 Å². The highest BCUT2D eigenvalue weighted by Gasteiger charge is 2.15. The van der Waals surface area contributed by atoms with Crippen molar-refractivity contribution in [2.45, 2.75) is 6.10 Å². The van der Waals surface area contributed by atoms with Crippen LogP contribution in [0.2, 0.25) is 0 Å². The molecule has 2 N–H and O–H groups in total. The first kappa shape index (κ1) is 13.8. The molecule has 5 nitrogen and oxygen atoms in total. The standard InChI is InChI=1S/C15H14N2O3/c18-14(12-6-2-1-3-7-12)15(19)17-16-10-4-8-13-9-5-11-20-13/h1-11,14,18H,(H,17,19)/b8-4+,16-10-/t14-/m0/s1. The van der Waals surface area contributed by atoms with Crippen molar-refractivity contribution in [3.8, 4) is 0 Å². The first-order chi connectivity index (χ1) is 9.77. The van der Waals surface area contributed by atoms with Gasteiger partial charge in [0.2, 0.25) is 0 Å². The van der Waals surface area contributed by atoms with Gasteiger partial charge in [-0.25, -0.2) is 5.43 Å². The molecule has 1 amide bonds. The van der Waals surface area contributed by atoms with Crippen LogP contribution < -0.4 is 5.43 Å². The monoisotopic (exact) mass is 270 g/mol. The number of aliphatic hydroxyl groups is 1. The van der Waals surface area contributed by atoms with Crippen molar-refractivity contribution in [1.82, 2.24) is 5.43 Å². The Morgan fingerprint density at radius 3 is 2.75 bits per heavy atom. The Hall–Kier alpha value is -2.66. The van der Waals surface area contributed by atoms with Gasteiger partial charge < -0.3 is 9.52 Å². The van der Waals surface area contributed by atoms with Crippen molar-refractivity contribution in [3.63, 3.8) is 0 Å². The van der Waals surface area contributed by atoms with Crippen LogP contribution in [0.4, 0.5) is 0 Å². The van der Waals surface area contributed by atoms with E-state index in [1.54, 1.807) is 54.8 Å². The van der Waals surface area contributed by atoms with Crippen LogP contribution in [0.5, 0.6) is 0 Å². The van der Waals surface area contributed by atoms with Gasteiger partial charge in [0.25, 0.3) is 5.91 Å². The van der Waals surface area contributed by atoms with Gasteiger partial charge >= 0.3 is 0 Å². The number of amides is 1. The van der Waals surface area contributed by atoms with Crippen LogP contribution in [0.1, 0.15) is 17.4 Å². The van der Waals surface area contributed by atoms with Crippen LogP contribution in [0.3, 0.4) is 0 Å². The average Bonchev–Trinajstić information content (AvgIpc) is 3.00. The summed E-state index contributed by atoms with van der Waals surface area (Å²) in [6, 6.07) is 12.2. The van der Waals surface area contributed by atoms with E-state index < -0.39 is 12.0 Å². The predicted octanol–water partition coefficient (Wildman–Crippen LogP) is 2.13. The number of carbonyl (C=O) groups excluding carboxylic acids is 1. The molecule has 0 aliphatic rings. The minimum atomic E-state index is -1.23. The maximum Gasteiger partial charge on any atom is 0.273 e. The van der Waals surface area contributed by atoms with Gasteiger partial charge in [-0.1, -0.05) is 30.3 Å². The Bertz CT molecular complexity index is 589. The van der Waals surface area contributed by atoms with E-state index in [-0.39, 0.29) is 0 Å². The number of rotatable bonds is 5. The number of hydrogen-bond donors (Lipinski definition) is 2. The summed E-state index contributed by atoms with van der Waals surface area (Å²) in [7, 11) is 0. The van der Waals surface area contributed by atoms with Crippen LogP contribution in [0, 0.1) is 0 Å². The molecule has 0 saturated heterocycles. The molecule has 1 heterocycles. The maximum absolute atomic E-state index is 11.6. The van der Waals surface area contributed by atoms with Crippen LogP contribution in [0.15, 0.2) is 64.3 Å². The molecule has 0 unspecified atom stereocenters. The number of hydrogen-bond acceptors (Lipinski definition) is 4. The number of nitrogens with zero attached hydrogens (tertiary/aromatic N) is 1. The number of aliphatic hydroxyl groups excluding tert-OH is 1. The molecular formula is C15H14N2O3. The van der Waals surface area contributed by atoms with E-state index in [0.717, 1.165) is 0 Å². The van der Waals surface area contributed by atoms with Gasteiger partial charge in [-0.3, -0.25) is 4.79 Å². The fourth-order valence-corrected chi connectivity index (χ4v) is 1.52. The molecule has 1 atom stereocenters. The van der Waals surface area contributed by atoms with E-state index in [2.05, 4.69) is 10.5 Å². The summed E-state index contributed by atoms with van der Waals surface area (Å²) >= 11 is 0. The summed E-state index contributed by atoms with van der Waals surface area (Å²) in [5.41, 5.74) is 2.78. The number of hydrazone groups is 1. The lowest BCUT2D eigenvalue weighted by Crippen LogP contribution is -2.24. The number of allylic oxidation sites excluding steroid dienone is 1. The smallest absolute Gasteiger partial charge is 0.273 e. The third-order valence-electron chi connectivity index (χ3n) is 2.50. The number of nitrogens with one attached hydrogen (secondary N) is 1. The summed E-state index contributed by atoms with van der Waals surface area (Å²) in [6.07, 6.45) is 5.05. The molecule has 0 bridgehead atoms. The molecule has 0 radical (unpaired) electrons. The third kappa shape index (κ3) is 3.93. The number of furan rings is 1. The van der Waals surface area contributed by atoms with Crippen molar-refractivity contribution in [2.75, 3.05) is 0 Å². The van der Waals surface area contributed by atoms with Gasteiger partial charge in [0, 0.05) is 6.21 Å². The van der Waals surface area contributed by atoms with Gasteiger partial charge in [-0.15, -0.1) is 0 Å². The molecule has 0 aliphatic carbocycles. The zero-order valence-electron chi connectivity index (χ0n) is 10.6. The second-order valence-corrected chi connectivity index (χ2v) is 3.94. The summed E-state index contributed by atoms with van der Waals surface area (Å²) in [4.78, 5) is 11.6. The van der Waals surface area contributed by atoms with E-state index in [4.69, 9.17) is 4.42 Å². The van der Waals surface area contributed by atoms with Gasteiger partial charge in [-0.05, 0) is 29.8 Å². The van der Waals surface area contributed by atoms with Crippen molar-refractivity contribution < 1.29 is 14.3 Å². The lowest BCUT2D eigenvalue weighted by atomic mass is 10.1. The fraction of sp³-hybridized carbons (Fsp3) is 0.0667. The second kappa shape index (κ2) is 7.06. The Kier molecular flexibility index (Phi) is 4.86. The molecule has 0 fully saturated rings. The third-order valence-corrected chi connectivity index (χ3v) is 2.50. The summed E-state index contributed by atoms with van der Waals surface area (Å²) < 4.78 is 5.08. The maximum atomic E-state index is 11.6. The molecule has 1 aromatic carbocycles. The van der Waals surface area contributed by atoms with Gasteiger partial charge in [0.15, 0.2) is 6.10 Å². The van der Waals surface area contributed by atoms with Crippen LogP contribution >= 0.6 is 0 Å². The highest BCUT2D eigenvalue weighted by molar-refractivity contribution is 5.84. The lowest BCUT2D eigenvalue weighted by Gasteiger charge is -2.08. The molecular weight excluding hydrogens is 256 g/mol. The topological polar surface area (TPSA) is 74.8 Å². The normalized spacial score (nSPS) is 12.8. The zero-order chi connectivity index (χ0) is 14.2. The van der Waals surface area contributed by atoms with Crippen LogP contribution in [-0.4, -0.2) is 17.2 Å². The molecule has 1 aromatic heterocycles. The van der Waals surface area contributed by atoms with Gasteiger partial charge in [0.05, 0.1) is 6.26 Å². The van der Waals surface area contributed by atoms with E-state index in [0.29, 0.717) is 11.3 Å². The van der Waals surface area contributed by atoms with Crippen LogP contribution in [-0.2, 0) is 4.79 Å². The summed E-state index contributed by atoms with van der Waals surface area (Å²) in [5.74, 6) is 0.103. The van der Waals surface area contributed by atoms with Crippen molar-refractivity contribution in [1.29, 1.82) is 0 Å². The second-order valence-electron chi connectivity index (χ2n) is 3.94. The lowest BCUT2D eigenvalue weighted by molar-refractivity contribution is -0.129. The molecule has 2 rings (SSSR count). The fourth-order valence-electron chi connectivity index (χ4n) is 1.52. The van der Waals surface area contributed by atoms with Gasteiger partial charge in [-0.2, -0.15) is 5.10 Å². The minimum Gasteiger partial charge on any atom is -0.465 e. The SMILES string of the molecule is O=C(N/N=C\C=C\c1ccco1)[C@@H](O)c1ccccc1. The minimum absolute atomic E-state index is 0.520. The molecule has 20 heavy (non-hydrogen) atoms. The molecule has 0 spiro atoms. The van der Waals surface area contributed by atoms with Gasteiger partial charge in [0.1, 0.15) is 5.76 Å². The Morgan fingerprint density at radius 1 is 1.25 bits per heavy atom. The van der Waals surface area contributed by atoms with E-state index in [1.165, 1.54) is 6.21 Å². The first-order valence-electron chi connectivity index (χ1n) is 6.03. The zero-order valence-corrected chi connectivity index (χ0v) is 10.6. The molecule has 2 aromatic rings. The average molecular weight is 270 g/mol. The largest absolute Gasteiger partial charge is 0.465 e. The van der Waals surface area contributed by atoms with Crippen molar-refractivity contribution >= 4 is 18.2 Å². The molecule has 102 valence electrons. The van der Waals surface area contributed by atoms with Crippen molar-refractivity contribution in [2.24, 2.45) is 5.10 Å². The summed E-state index contributed by atoms with van der Waals surface area (Å²) in [5, 5.41) is 13.5. The van der Waals surface area contributed by atoms with E-state index in [1.807, 2.05) is 6.07 Å². The van der Waals surface area contributed by atoms with E-state index in [9.17, 15) is 9.90 Å². The predicted molar refractivity (Wildman–Crippen MR) is 75.8 cm³/mol. The van der Waals surface area contributed by atoms with Crippen molar-refractivity contribution in [3.05, 3.63) is 66.1 Å². The Balaban J connectivity index is 1.83. The molecule has 0 aliphatic heterocycles.